The standard InChI is InChI=1S/C10H13BrFN/c1-2-7(6-13)9-4-3-8(11)5-10(9)12/h3-5,7H,2,6,13H2,1H3. The minimum Gasteiger partial charge on any atom is -0.330 e. The van der Waals surface area contributed by atoms with E-state index in [4.69, 9.17) is 5.73 Å². The Morgan fingerprint density at radius 2 is 2.23 bits per heavy atom. The van der Waals surface area contributed by atoms with Gasteiger partial charge in [0.25, 0.3) is 0 Å². The molecule has 0 aliphatic heterocycles. The maximum absolute atomic E-state index is 13.4. The maximum atomic E-state index is 13.4. The van der Waals surface area contributed by atoms with Crippen molar-refractivity contribution in [2.45, 2.75) is 19.3 Å². The monoisotopic (exact) mass is 245 g/mol. The van der Waals surface area contributed by atoms with Crippen molar-refractivity contribution in [3.05, 3.63) is 34.1 Å². The summed E-state index contributed by atoms with van der Waals surface area (Å²) in [6, 6.07) is 5.12. The minimum absolute atomic E-state index is 0.132. The largest absolute Gasteiger partial charge is 0.330 e. The molecule has 1 rings (SSSR count). The summed E-state index contributed by atoms with van der Waals surface area (Å²) in [4.78, 5) is 0. The van der Waals surface area contributed by atoms with Crippen molar-refractivity contribution >= 4 is 15.9 Å². The average molecular weight is 246 g/mol. The molecule has 3 heteroatoms. The van der Waals surface area contributed by atoms with Crippen LogP contribution in [0, 0.1) is 5.82 Å². The van der Waals surface area contributed by atoms with Gasteiger partial charge in [-0.1, -0.05) is 28.9 Å². The average Bonchev–Trinajstić information content (AvgIpc) is 2.10. The van der Waals surface area contributed by atoms with Crippen molar-refractivity contribution in [1.82, 2.24) is 0 Å². The summed E-state index contributed by atoms with van der Waals surface area (Å²) in [5.41, 5.74) is 6.26. The van der Waals surface area contributed by atoms with Gasteiger partial charge in [0, 0.05) is 4.47 Å². The lowest BCUT2D eigenvalue weighted by molar-refractivity contribution is 0.569. The van der Waals surface area contributed by atoms with Crippen LogP contribution in [-0.2, 0) is 0 Å². The lowest BCUT2D eigenvalue weighted by atomic mass is 9.96. The highest BCUT2D eigenvalue weighted by molar-refractivity contribution is 9.10. The highest BCUT2D eigenvalue weighted by Crippen LogP contribution is 2.23. The lowest BCUT2D eigenvalue weighted by Gasteiger charge is -2.13. The predicted molar refractivity (Wildman–Crippen MR) is 56.2 cm³/mol. The fourth-order valence-electron chi connectivity index (χ4n) is 1.35. The molecular weight excluding hydrogens is 233 g/mol. The molecule has 0 spiro atoms. The zero-order valence-electron chi connectivity index (χ0n) is 7.56. The van der Waals surface area contributed by atoms with E-state index >= 15 is 0 Å². The first-order valence-corrected chi connectivity index (χ1v) is 5.13. The fourth-order valence-corrected chi connectivity index (χ4v) is 1.68. The summed E-state index contributed by atoms with van der Waals surface area (Å²) >= 11 is 3.22. The molecule has 1 aromatic carbocycles. The van der Waals surface area contributed by atoms with E-state index in [-0.39, 0.29) is 11.7 Å². The third kappa shape index (κ3) is 2.51. The van der Waals surface area contributed by atoms with E-state index in [0.717, 1.165) is 10.9 Å². The molecule has 0 radical (unpaired) electrons. The number of rotatable bonds is 3. The van der Waals surface area contributed by atoms with Crippen LogP contribution in [0.2, 0.25) is 0 Å². The second-order valence-electron chi connectivity index (χ2n) is 3.01. The highest BCUT2D eigenvalue weighted by atomic mass is 79.9. The summed E-state index contributed by atoms with van der Waals surface area (Å²) in [6.07, 6.45) is 0.870. The first kappa shape index (κ1) is 10.7. The van der Waals surface area contributed by atoms with E-state index in [1.807, 2.05) is 13.0 Å². The Labute approximate surface area is 86.3 Å². The fraction of sp³-hybridized carbons (Fsp3) is 0.400. The molecule has 0 bridgehead atoms. The van der Waals surface area contributed by atoms with Gasteiger partial charge in [-0.05, 0) is 36.6 Å². The third-order valence-corrected chi connectivity index (χ3v) is 2.67. The van der Waals surface area contributed by atoms with Crippen LogP contribution in [0.4, 0.5) is 4.39 Å². The molecule has 0 aliphatic carbocycles. The van der Waals surface area contributed by atoms with Crippen LogP contribution in [0.25, 0.3) is 0 Å². The van der Waals surface area contributed by atoms with E-state index in [2.05, 4.69) is 15.9 Å². The molecule has 1 aromatic rings. The molecular formula is C10H13BrFN. The molecule has 1 atom stereocenters. The van der Waals surface area contributed by atoms with Crippen molar-refractivity contribution in [3.8, 4) is 0 Å². The summed E-state index contributed by atoms with van der Waals surface area (Å²) in [5.74, 6) is -0.0419. The van der Waals surface area contributed by atoms with Gasteiger partial charge in [0.05, 0.1) is 0 Å². The molecule has 0 heterocycles. The summed E-state index contributed by atoms with van der Waals surface area (Å²) in [6.45, 7) is 2.51. The molecule has 1 unspecified atom stereocenters. The number of halogens is 2. The highest BCUT2D eigenvalue weighted by Gasteiger charge is 2.11. The van der Waals surface area contributed by atoms with Crippen LogP contribution >= 0.6 is 15.9 Å². The Kier molecular flexibility index (Phi) is 3.88. The second-order valence-corrected chi connectivity index (χ2v) is 3.92. The Morgan fingerprint density at radius 1 is 1.54 bits per heavy atom. The number of hydrogen-bond acceptors (Lipinski definition) is 1. The molecule has 13 heavy (non-hydrogen) atoms. The van der Waals surface area contributed by atoms with E-state index in [9.17, 15) is 4.39 Å². The Bertz CT molecular complexity index is 284. The van der Waals surface area contributed by atoms with Crippen molar-refractivity contribution in [1.29, 1.82) is 0 Å². The van der Waals surface area contributed by atoms with Crippen LogP contribution in [0.15, 0.2) is 22.7 Å². The third-order valence-electron chi connectivity index (χ3n) is 2.18. The zero-order chi connectivity index (χ0) is 9.84. The van der Waals surface area contributed by atoms with Crippen molar-refractivity contribution in [3.63, 3.8) is 0 Å². The first-order valence-electron chi connectivity index (χ1n) is 4.34. The predicted octanol–water partition coefficient (Wildman–Crippen LogP) is 3.04. The van der Waals surface area contributed by atoms with Crippen LogP contribution < -0.4 is 5.73 Å². The van der Waals surface area contributed by atoms with Gasteiger partial charge in [-0.3, -0.25) is 0 Å². The van der Waals surface area contributed by atoms with E-state index < -0.39 is 0 Å². The van der Waals surface area contributed by atoms with Crippen LogP contribution in [-0.4, -0.2) is 6.54 Å². The van der Waals surface area contributed by atoms with Crippen LogP contribution in [0.5, 0.6) is 0 Å². The summed E-state index contributed by atoms with van der Waals surface area (Å²) in [5, 5.41) is 0. The number of benzene rings is 1. The molecule has 0 aromatic heterocycles. The molecule has 72 valence electrons. The zero-order valence-corrected chi connectivity index (χ0v) is 9.14. The molecule has 0 fully saturated rings. The molecule has 1 nitrogen and oxygen atoms in total. The topological polar surface area (TPSA) is 26.0 Å². The van der Waals surface area contributed by atoms with Gasteiger partial charge in [0.15, 0.2) is 0 Å². The Balaban J connectivity index is 2.99. The van der Waals surface area contributed by atoms with Gasteiger partial charge in [-0.15, -0.1) is 0 Å². The first-order chi connectivity index (χ1) is 6.19. The second kappa shape index (κ2) is 4.72. The number of hydrogen-bond donors (Lipinski definition) is 1. The van der Waals surface area contributed by atoms with E-state index in [1.165, 1.54) is 6.07 Å². The molecule has 0 saturated carbocycles. The van der Waals surface area contributed by atoms with Gasteiger partial charge < -0.3 is 5.73 Å². The quantitative estimate of drug-likeness (QED) is 0.871. The van der Waals surface area contributed by atoms with Crippen molar-refractivity contribution in [2.75, 3.05) is 6.54 Å². The lowest BCUT2D eigenvalue weighted by Crippen LogP contribution is -2.12. The van der Waals surface area contributed by atoms with Gasteiger partial charge in [0.1, 0.15) is 5.82 Å². The smallest absolute Gasteiger partial charge is 0.127 e. The van der Waals surface area contributed by atoms with Gasteiger partial charge in [-0.25, -0.2) is 4.39 Å². The van der Waals surface area contributed by atoms with Gasteiger partial charge in [0.2, 0.25) is 0 Å². The molecule has 2 N–H and O–H groups in total. The summed E-state index contributed by atoms with van der Waals surface area (Å²) < 4.78 is 14.2. The van der Waals surface area contributed by atoms with E-state index in [0.29, 0.717) is 12.1 Å². The van der Waals surface area contributed by atoms with Crippen LogP contribution in [0.3, 0.4) is 0 Å². The minimum atomic E-state index is -0.174. The SMILES string of the molecule is CCC(CN)c1ccc(Br)cc1F. The number of nitrogens with two attached hydrogens (primary N) is 1. The van der Waals surface area contributed by atoms with Crippen LogP contribution in [0.1, 0.15) is 24.8 Å². The Hall–Kier alpha value is -0.410. The molecule has 0 amide bonds. The van der Waals surface area contributed by atoms with Crippen molar-refractivity contribution in [2.24, 2.45) is 5.73 Å². The molecule has 0 aliphatic rings. The van der Waals surface area contributed by atoms with E-state index in [1.54, 1.807) is 6.07 Å². The Morgan fingerprint density at radius 3 is 2.69 bits per heavy atom. The normalized spacial score (nSPS) is 12.9. The maximum Gasteiger partial charge on any atom is 0.127 e. The van der Waals surface area contributed by atoms with Gasteiger partial charge in [-0.2, -0.15) is 0 Å². The summed E-state index contributed by atoms with van der Waals surface area (Å²) in [7, 11) is 0. The van der Waals surface area contributed by atoms with Gasteiger partial charge >= 0.3 is 0 Å². The van der Waals surface area contributed by atoms with Crippen molar-refractivity contribution < 1.29 is 4.39 Å². The molecule has 0 saturated heterocycles.